The van der Waals surface area contributed by atoms with Gasteiger partial charge in [-0.1, -0.05) is 0 Å². The van der Waals surface area contributed by atoms with Crippen LogP contribution in [-0.4, -0.2) is 33.6 Å². The van der Waals surface area contributed by atoms with E-state index in [0.717, 1.165) is 16.7 Å². The first-order valence-electron chi connectivity index (χ1n) is 3.13. The van der Waals surface area contributed by atoms with Crippen molar-refractivity contribution in [1.29, 1.82) is 0 Å². The Kier molecular flexibility index (Phi) is 2.20. The standard InChI is InChI=1S/C6H9NO2S2/c1-6(3-10)4(8)7(2)5(9)11-6/h10H,3H2,1-2H3. The summed E-state index contributed by atoms with van der Waals surface area (Å²) in [4.78, 5) is 23.4. The van der Waals surface area contributed by atoms with Gasteiger partial charge in [0.15, 0.2) is 0 Å². The Balaban J connectivity index is 2.91. The SMILES string of the molecule is CN1C(=O)SC(C)(CS)C1=O. The number of amides is 2. The van der Waals surface area contributed by atoms with Gasteiger partial charge in [-0.15, -0.1) is 0 Å². The molecule has 0 aromatic heterocycles. The van der Waals surface area contributed by atoms with Gasteiger partial charge in [-0.2, -0.15) is 12.6 Å². The lowest BCUT2D eigenvalue weighted by molar-refractivity contribution is -0.127. The molecule has 0 bridgehead atoms. The lowest BCUT2D eigenvalue weighted by Gasteiger charge is -2.15. The van der Waals surface area contributed by atoms with Gasteiger partial charge in [0.1, 0.15) is 4.75 Å². The maximum Gasteiger partial charge on any atom is 0.289 e. The quantitative estimate of drug-likeness (QED) is 0.628. The minimum Gasteiger partial charge on any atom is -0.275 e. The van der Waals surface area contributed by atoms with Gasteiger partial charge in [-0.25, -0.2) is 0 Å². The fraction of sp³-hybridized carbons (Fsp3) is 0.667. The van der Waals surface area contributed by atoms with E-state index in [1.165, 1.54) is 7.05 Å². The molecule has 0 aromatic rings. The number of nitrogens with zero attached hydrogens (tertiary/aromatic N) is 1. The fourth-order valence-corrected chi connectivity index (χ4v) is 2.07. The monoisotopic (exact) mass is 191 g/mol. The molecule has 2 amide bonds. The number of hydrogen-bond acceptors (Lipinski definition) is 4. The average Bonchev–Trinajstić information content (AvgIpc) is 2.17. The maximum atomic E-state index is 11.3. The third-order valence-corrected chi connectivity index (χ3v) is 3.71. The normalized spacial score (nSPS) is 31.7. The highest BCUT2D eigenvalue weighted by Gasteiger charge is 2.46. The van der Waals surface area contributed by atoms with Crippen molar-refractivity contribution in [3.63, 3.8) is 0 Å². The Morgan fingerprint density at radius 1 is 1.64 bits per heavy atom. The zero-order chi connectivity index (χ0) is 8.65. The number of thiol groups is 1. The van der Waals surface area contributed by atoms with E-state index in [4.69, 9.17) is 0 Å². The van der Waals surface area contributed by atoms with Crippen LogP contribution in [0.1, 0.15) is 6.92 Å². The molecule has 11 heavy (non-hydrogen) atoms. The summed E-state index contributed by atoms with van der Waals surface area (Å²) < 4.78 is -0.644. The van der Waals surface area contributed by atoms with Gasteiger partial charge in [0.2, 0.25) is 5.91 Å². The van der Waals surface area contributed by atoms with Crippen molar-refractivity contribution in [3.8, 4) is 0 Å². The van der Waals surface area contributed by atoms with E-state index in [1.54, 1.807) is 6.92 Å². The second kappa shape index (κ2) is 2.71. The summed E-state index contributed by atoms with van der Waals surface area (Å²) in [6.45, 7) is 1.73. The zero-order valence-corrected chi connectivity index (χ0v) is 8.04. The third kappa shape index (κ3) is 1.27. The van der Waals surface area contributed by atoms with Crippen LogP contribution < -0.4 is 0 Å². The molecule has 0 N–H and O–H groups in total. The summed E-state index contributed by atoms with van der Waals surface area (Å²) in [5.41, 5.74) is 0. The summed E-state index contributed by atoms with van der Waals surface area (Å²) in [5, 5.41) is -0.188. The smallest absolute Gasteiger partial charge is 0.275 e. The first kappa shape index (κ1) is 8.93. The van der Waals surface area contributed by atoms with Crippen LogP contribution in [0.3, 0.4) is 0 Å². The number of carbonyl (C=O) groups excluding carboxylic acids is 2. The molecule has 0 saturated carbocycles. The topological polar surface area (TPSA) is 37.4 Å². The summed E-state index contributed by atoms with van der Waals surface area (Å²) in [6, 6.07) is 0. The van der Waals surface area contributed by atoms with Crippen molar-refractivity contribution in [2.75, 3.05) is 12.8 Å². The van der Waals surface area contributed by atoms with E-state index < -0.39 is 4.75 Å². The van der Waals surface area contributed by atoms with Gasteiger partial charge < -0.3 is 0 Å². The number of imide groups is 1. The summed E-state index contributed by atoms with van der Waals surface area (Å²) in [6.07, 6.45) is 0. The molecule has 1 rings (SSSR count). The largest absolute Gasteiger partial charge is 0.289 e. The van der Waals surface area contributed by atoms with E-state index in [1.807, 2.05) is 0 Å². The van der Waals surface area contributed by atoms with E-state index in [9.17, 15) is 9.59 Å². The van der Waals surface area contributed by atoms with Crippen LogP contribution in [0.4, 0.5) is 4.79 Å². The molecule has 0 spiro atoms. The Morgan fingerprint density at radius 2 is 2.18 bits per heavy atom. The molecule has 62 valence electrons. The highest BCUT2D eigenvalue weighted by molar-refractivity contribution is 8.16. The van der Waals surface area contributed by atoms with E-state index in [0.29, 0.717) is 5.75 Å². The van der Waals surface area contributed by atoms with Crippen LogP contribution in [0.2, 0.25) is 0 Å². The van der Waals surface area contributed by atoms with Crippen molar-refractivity contribution in [2.24, 2.45) is 0 Å². The molecule has 0 aliphatic carbocycles. The second-order valence-electron chi connectivity index (χ2n) is 2.62. The second-order valence-corrected chi connectivity index (χ2v) is 4.39. The van der Waals surface area contributed by atoms with Gasteiger partial charge >= 0.3 is 0 Å². The molecule has 1 heterocycles. The molecule has 1 fully saturated rings. The molecule has 3 nitrogen and oxygen atoms in total. The molecule has 1 unspecified atom stereocenters. The van der Waals surface area contributed by atoms with Crippen molar-refractivity contribution in [1.82, 2.24) is 4.90 Å². The Labute approximate surface area is 74.9 Å². The third-order valence-electron chi connectivity index (χ3n) is 1.65. The van der Waals surface area contributed by atoms with Crippen LogP contribution >= 0.6 is 24.4 Å². The van der Waals surface area contributed by atoms with Crippen LogP contribution in [-0.2, 0) is 4.79 Å². The minimum atomic E-state index is -0.644. The molecule has 1 aliphatic heterocycles. The van der Waals surface area contributed by atoms with Crippen molar-refractivity contribution in [2.45, 2.75) is 11.7 Å². The molecule has 0 radical (unpaired) electrons. The molecular weight excluding hydrogens is 182 g/mol. The summed E-state index contributed by atoms with van der Waals surface area (Å²) >= 11 is 5.07. The van der Waals surface area contributed by atoms with Crippen LogP contribution in [0.15, 0.2) is 0 Å². The maximum absolute atomic E-state index is 11.3. The summed E-state index contributed by atoms with van der Waals surface area (Å²) in [5.74, 6) is 0.245. The molecule has 5 heteroatoms. The van der Waals surface area contributed by atoms with Crippen molar-refractivity contribution in [3.05, 3.63) is 0 Å². The molecule has 1 saturated heterocycles. The molecule has 1 atom stereocenters. The fourth-order valence-electron chi connectivity index (χ4n) is 0.842. The highest BCUT2D eigenvalue weighted by Crippen LogP contribution is 2.36. The van der Waals surface area contributed by atoms with E-state index in [2.05, 4.69) is 12.6 Å². The Bertz CT molecular complexity index is 219. The lowest BCUT2D eigenvalue weighted by atomic mass is 10.2. The zero-order valence-electron chi connectivity index (χ0n) is 6.33. The molecular formula is C6H9NO2S2. The van der Waals surface area contributed by atoms with Gasteiger partial charge in [0.05, 0.1) is 0 Å². The van der Waals surface area contributed by atoms with Gasteiger partial charge in [0.25, 0.3) is 5.24 Å². The van der Waals surface area contributed by atoms with Crippen molar-refractivity contribution >= 4 is 35.5 Å². The lowest BCUT2D eigenvalue weighted by Crippen LogP contribution is -2.36. The van der Waals surface area contributed by atoms with Crippen molar-refractivity contribution < 1.29 is 9.59 Å². The van der Waals surface area contributed by atoms with Gasteiger partial charge in [-0.3, -0.25) is 14.5 Å². The number of hydrogen-bond donors (Lipinski definition) is 1. The minimum absolute atomic E-state index is 0.150. The number of thioether (sulfide) groups is 1. The van der Waals surface area contributed by atoms with Crippen LogP contribution in [0.5, 0.6) is 0 Å². The summed E-state index contributed by atoms with van der Waals surface area (Å²) in [7, 11) is 1.49. The predicted octanol–water partition coefficient (Wildman–Crippen LogP) is 1.00. The van der Waals surface area contributed by atoms with Crippen LogP contribution in [0, 0.1) is 0 Å². The van der Waals surface area contributed by atoms with E-state index >= 15 is 0 Å². The first-order chi connectivity index (χ1) is 5.01. The van der Waals surface area contributed by atoms with Gasteiger partial charge in [0, 0.05) is 12.8 Å². The average molecular weight is 191 g/mol. The van der Waals surface area contributed by atoms with Crippen LogP contribution in [0.25, 0.3) is 0 Å². The first-order valence-corrected chi connectivity index (χ1v) is 4.58. The van der Waals surface area contributed by atoms with Gasteiger partial charge in [-0.05, 0) is 18.7 Å². The Morgan fingerprint density at radius 3 is 2.36 bits per heavy atom. The molecule has 0 aromatic carbocycles. The predicted molar refractivity (Wildman–Crippen MR) is 48.0 cm³/mol. The van der Waals surface area contributed by atoms with E-state index in [-0.39, 0.29) is 11.1 Å². The number of carbonyl (C=O) groups is 2. The Hall–Kier alpha value is -0.160. The molecule has 1 aliphatic rings. The number of rotatable bonds is 1. The highest BCUT2D eigenvalue weighted by atomic mass is 32.2.